The molecular weight excluding hydrogens is 701 g/mol. The van der Waals surface area contributed by atoms with Crippen molar-refractivity contribution in [2.45, 2.75) is 11.0 Å². The summed E-state index contributed by atoms with van der Waals surface area (Å²) < 4.78 is 16.5. The molecule has 4 nitrogen and oxygen atoms in total. The maximum absolute atomic E-state index is 16.0. The Labute approximate surface area is 190 Å². The fourth-order valence-corrected chi connectivity index (χ4v) is 6.30. The van der Waals surface area contributed by atoms with Crippen molar-refractivity contribution in [3.05, 3.63) is 46.8 Å². The van der Waals surface area contributed by atoms with Crippen LogP contribution in [0.15, 0.2) is 35.7 Å². The van der Waals surface area contributed by atoms with Crippen molar-refractivity contribution in [1.82, 2.24) is 9.97 Å². The molecule has 3 heterocycles. The predicted octanol–water partition coefficient (Wildman–Crippen LogP) is 5.87. The molecule has 0 aliphatic carbocycles. The molecule has 1 aromatic carbocycles. The maximum atomic E-state index is 16.0. The van der Waals surface area contributed by atoms with E-state index in [4.69, 9.17) is 0 Å². The topological polar surface area (TPSA) is 49.3 Å². The Morgan fingerprint density at radius 2 is 1.96 bits per heavy atom. The Bertz CT molecular complexity index is 978. The third-order valence-corrected chi connectivity index (χ3v) is 7.31. The number of rotatable bonds is 2. The molecule has 0 amide bonds. The number of hydrogen-bond donors (Lipinski definition) is 1. The second-order valence-electron chi connectivity index (χ2n) is 5.56. The Morgan fingerprint density at radius 1 is 1.24 bits per heavy atom. The third kappa shape index (κ3) is 3.05. The monoisotopic (exact) mass is 711 g/mol. The third-order valence-electron chi connectivity index (χ3n) is 4.05. The standard InChI is InChI=1S/C15H10FI3N3OPS/c16-14(24)8-4-2-1-3-7(8)11(15(17,18)19)22(14)12-10-9(5-6-25-10)20-13(23)21-12/h1-6,11H,24H2,(H,20,21,23). The van der Waals surface area contributed by atoms with Crippen LogP contribution in [0.2, 0.25) is 0 Å². The van der Waals surface area contributed by atoms with Crippen LogP contribution in [0, 0.1) is 0 Å². The number of nitrogens with zero attached hydrogens (tertiary/aromatic N) is 3. The number of benzene rings is 1. The van der Waals surface area contributed by atoms with E-state index in [0.717, 1.165) is 10.3 Å². The molecule has 3 unspecified atom stereocenters. The summed E-state index contributed by atoms with van der Waals surface area (Å²) in [5, 5.41) is 11.9. The highest BCUT2D eigenvalue weighted by atomic mass is 127. The molecule has 3 atom stereocenters. The second-order valence-corrected chi connectivity index (χ2v) is 18.5. The zero-order chi connectivity index (χ0) is 18.0. The summed E-state index contributed by atoms with van der Waals surface area (Å²) in [7, 11) is 2.33. The highest BCUT2D eigenvalue weighted by molar-refractivity contribution is 14.3. The van der Waals surface area contributed by atoms with Crippen molar-refractivity contribution in [1.29, 1.82) is 0 Å². The smallest absolute Gasteiger partial charge is 0.316 e. The second kappa shape index (κ2) is 6.49. The van der Waals surface area contributed by atoms with Crippen molar-refractivity contribution in [3.8, 4) is 6.01 Å². The highest BCUT2D eigenvalue weighted by Crippen LogP contribution is 2.62. The van der Waals surface area contributed by atoms with Crippen molar-refractivity contribution >= 4 is 104 Å². The van der Waals surface area contributed by atoms with Gasteiger partial charge in [-0.25, -0.2) is 4.39 Å². The van der Waals surface area contributed by atoms with Crippen molar-refractivity contribution < 1.29 is 9.50 Å². The lowest BCUT2D eigenvalue weighted by molar-refractivity contribution is 0.283. The zero-order valence-electron chi connectivity index (χ0n) is 12.3. The predicted molar refractivity (Wildman–Crippen MR) is 128 cm³/mol. The normalized spacial score (nSPS) is 23.2. The number of fused-ring (bicyclic) bond motifs is 2. The lowest BCUT2D eigenvalue weighted by atomic mass is 10.1. The van der Waals surface area contributed by atoms with Gasteiger partial charge in [-0.2, -0.15) is 9.97 Å². The fourth-order valence-electron chi connectivity index (χ4n) is 3.11. The van der Waals surface area contributed by atoms with E-state index in [2.05, 4.69) is 87.0 Å². The van der Waals surface area contributed by atoms with Crippen LogP contribution in [0.4, 0.5) is 10.2 Å². The number of aromatic hydroxyl groups is 1. The summed E-state index contributed by atoms with van der Waals surface area (Å²) in [5.74, 6) is 0.408. The van der Waals surface area contributed by atoms with Crippen LogP contribution < -0.4 is 4.90 Å². The van der Waals surface area contributed by atoms with Crippen LogP contribution in [0.3, 0.4) is 0 Å². The molecule has 0 saturated heterocycles. The molecule has 0 spiro atoms. The van der Waals surface area contributed by atoms with Crippen molar-refractivity contribution in [3.63, 3.8) is 0 Å². The summed E-state index contributed by atoms with van der Waals surface area (Å²) in [6, 6.07) is 8.70. The van der Waals surface area contributed by atoms with Crippen LogP contribution in [0.1, 0.15) is 17.2 Å². The van der Waals surface area contributed by atoms with Crippen molar-refractivity contribution in [2.24, 2.45) is 0 Å². The molecule has 2 aromatic heterocycles. The molecule has 0 saturated carbocycles. The number of hydrogen-bond acceptors (Lipinski definition) is 5. The first-order chi connectivity index (χ1) is 11.7. The van der Waals surface area contributed by atoms with Crippen LogP contribution in [-0.4, -0.2) is 14.5 Å². The van der Waals surface area contributed by atoms with E-state index in [1.165, 1.54) is 11.3 Å². The van der Waals surface area contributed by atoms with Gasteiger partial charge in [-0.15, -0.1) is 11.3 Å². The van der Waals surface area contributed by atoms with Gasteiger partial charge in [0.1, 0.15) is -0.565 Å². The highest BCUT2D eigenvalue weighted by Gasteiger charge is 2.55. The molecule has 4 rings (SSSR count). The fraction of sp³-hybridized carbons (Fsp3) is 0.200. The molecule has 10 heteroatoms. The van der Waals surface area contributed by atoms with Gasteiger partial charge in [-0.1, -0.05) is 101 Å². The van der Waals surface area contributed by atoms with E-state index < -0.39 is 5.53 Å². The van der Waals surface area contributed by atoms with Gasteiger partial charge in [-0.05, 0) is 17.0 Å². The minimum atomic E-state index is -1.83. The molecule has 0 radical (unpaired) electrons. The van der Waals surface area contributed by atoms with Gasteiger partial charge >= 0.3 is 6.01 Å². The van der Waals surface area contributed by atoms with Crippen LogP contribution >= 0.6 is 88.3 Å². The van der Waals surface area contributed by atoms with Gasteiger partial charge in [0.25, 0.3) is 0 Å². The Hall–Kier alpha value is 0.410. The van der Waals surface area contributed by atoms with Gasteiger partial charge in [-0.3, -0.25) is 0 Å². The Balaban J connectivity index is 2.03. The molecular formula is C15H10FI3N3OPS. The number of aromatic nitrogens is 2. The van der Waals surface area contributed by atoms with E-state index in [1.54, 1.807) is 17.0 Å². The van der Waals surface area contributed by atoms with Gasteiger partial charge in [0.2, 0.25) is 5.53 Å². The molecule has 1 aliphatic rings. The number of halogens is 4. The lowest BCUT2D eigenvalue weighted by Crippen LogP contribution is -2.39. The van der Waals surface area contributed by atoms with Crippen LogP contribution in [-0.2, 0) is 5.53 Å². The molecule has 1 N–H and O–H groups in total. The lowest BCUT2D eigenvalue weighted by Gasteiger charge is -2.37. The van der Waals surface area contributed by atoms with E-state index in [9.17, 15) is 5.11 Å². The number of thiophene rings is 1. The van der Waals surface area contributed by atoms with Crippen LogP contribution in [0.5, 0.6) is 6.01 Å². The Morgan fingerprint density at radius 3 is 2.68 bits per heavy atom. The van der Waals surface area contributed by atoms with E-state index in [-0.39, 0.29) is 11.5 Å². The molecule has 130 valence electrons. The summed E-state index contributed by atoms with van der Waals surface area (Å²) in [6.07, 6.45) is 0. The van der Waals surface area contributed by atoms with Gasteiger partial charge < -0.3 is 10.0 Å². The first-order valence-corrected chi connectivity index (χ1v) is 11.8. The van der Waals surface area contributed by atoms with E-state index in [0.29, 0.717) is 16.9 Å². The minimum absolute atomic E-state index is 0.271. The first kappa shape index (κ1) is 18.8. The average Bonchev–Trinajstić information content (AvgIpc) is 3.07. The summed E-state index contributed by atoms with van der Waals surface area (Å²) in [6.45, 7) is 0. The summed E-state index contributed by atoms with van der Waals surface area (Å²) in [4.78, 5) is 9.91. The van der Waals surface area contributed by atoms with E-state index in [1.807, 2.05) is 23.6 Å². The van der Waals surface area contributed by atoms with Gasteiger partial charge in [0, 0.05) is 5.56 Å². The quantitative estimate of drug-likeness (QED) is 0.157. The number of alkyl halides is 4. The van der Waals surface area contributed by atoms with Gasteiger partial charge in [0.05, 0.1) is 16.3 Å². The Kier molecular flexibility index (Phi) is 4.87. The van der Waals surface area contributed by atoms with Crippen LogP contribution in [0.25, 0.3) is 10.2 Å². The average molecular weight is 711 g/mol. The summed E-state index contributed by atoms with van der Waals surface area (Å²) >= 11 is 8.40. The molecule has 25 heavy (non-hydrogen) atoms. The summed E-state index contributed by atoms with van der Waals surface area (Å²) in [5.41, 5.74) is 0.304. The van der Waals surface area contributed by atoms with Crippen molar-refractivity contribution in [2.75, 3.05) is 4.90 Å². The molecule has 0 bridgehead atoms. The molecule has 3 aromatic rings. The largest absolute Gasteiger partial charge is 0.479 e. The minimum Gasteiger partial charge on any atom is -0.479 e. The molecule has 0 fully saturated rings. The van der Waals surface area contributed by atoms with E-state index >= 15 is 4.39 Å². The maximum Gasteiger partial charge on any atom is 0.316 e. The zero-order valence-corrected chi connectivity index (χ0v) is 20.8. The molecule has 1 aliphatic heterocycles. The van der Waals surface area contributed by atoms with Gasteiger partial charge in [0.15, 0.2) is 5.82 Å². The number of anilines is 1. The SMILES string of the molecule is Oc1nc(N2C(C(I)(I)I)c3ccccc3C2(F)P)c2sccc2n1. The first-order valence-electron chi connectivity index (χ1n) is 7.08.